The molecule has 1 amide bonds. The Morgan fingerprint density at radius 3 is 2.68 bits per heavy atom. The van der Waals surface area contributed by atoms with Gasteiger partial charge in [0.2, 0.25) is 12.0 Å². The molecular weight excluding hydrogens is 438 g/mol. The lowest BCUT2D eigenvalue weighted by molar-refractivity contribution is -0.143. The SMILES string of the molecule is CCOC(=O)Cn1c(O)c(N=NC(=O)[C@@H]2COc3ccc(C(C)(C)C)cc3O2)c2ccccc21. The third kappa shape index (κ3) is 4.59. The highest BCUT2D eigenvalue weighted by atomic mass is 16.6. The maximum atomic E-state index is 12.8. The molecule has 9 heteroatoms. The summed E-state index contributed by atoms with van der Waals surface area (Å²) in [5.74, 6) is -0.394. The fraction of sp³-hybridized carbons (Fsp3) is 0.360. The first-order valence-corrected chi connectivity index (χ1v) is 11.0. The molecule has 0 saturated heterocycles. The number of carbonyl (C=O) groups excluding carboxylic acids is 2. The quantitative estimate of drug-likeness (QED) is 0.433. The molecule has 0 bridgehead atoms. The van der Waals surface area contributed by atoms with Crippen molar-refractivity contribution in [3.8, 4) is 17.4 Å². The summed E-state index contributed by atoms with van der Waals surface area (Å²) < 4.78 is 17.9. The van der Waals surface area contributed by atoms with Crippen LogP contribution in [0.2, 0.25) is 0 Å². The molecule has 1 aliphatic heterocycles. The van der Waals surface area contributed by atoms with Gasteiger partial charge in [0.1, 0.15) is 13.2 Å². The molecule has 1 aliphatic rings. The maximum absolute atomic E-state index is 12.8. The largest absolute Gasteiger partial charge is 0.493 e. The molecule has 9 nitrogen and oxygen atoms in total. The van der Waals surface area contributed by atoms with Gasteiger partial charge in [0.05, 0.1) is 12.1 Å². The number of esters is 1. The topological polar surface area (TPSA) is 112 Å². The van der Waals surface area contributed by atoms with Gasteiger partial charge >= 0.3 is 11.9 Å². The van der Waals surface area contributed by atoms with E-state index < -0.39 is 18.0 Å². The molecule has 0 radical (unpaired) electrons. The van der Waals surface area contributed by atoms with Crippen LogP contribution in [-0.4, -0.2) is 40.9 Å². The highest BCUT2D eigenvalue weighted by molar-refractivity contribution is 5.96. The molecule has 34 heavy (non-hydrogen) atoms. The molecule has 178 valence electrons. The number of rotatable bonds is 5. The predicted molar refractivity (Wildman–Crippen MR) is 125 cm³/mol. The van der Waals surface area contributed by atoms with Crippen molar-refractivity contribution in [1.29, 1.82) is 0 Å². The van der Waals surface area contributed by atoms with Gasteiger partial charge in [0.25, 0.3) is 0 Å². The number of para-hydroxylation sites is 1. The number of amides is 1. The number of hydrogen-bond donors (Lipinski definition) is 1. The van der Waals surface area contributed by atoms with Crippen LogP contribution in [0.3, 0.4) is 0 Å². The Labute approximate surface area is 197 Å². The molecule has 0 spiro atoms. The second-order valence-corrected chi connectivity index (χ2v) is 8.95. The third-order valence-electron chi connectivity index (χ3n) is 5.50. The van der Waals surface area contributed by atoms with Gasteiger partial charge < -0.3 is 19.3 Å². The van der Waals surface area contributed by atoms with Crippen molar-refractivity contribution in [2.45, 2.75) is 45.8 Å². The molecule has 1 N–H and O–H groups in total. The second kappa shape index (κ2) is 9.17. The minimum absolute atomic E-state index is 0.00365. The Hall–Kier alpha value is -3.88. The lowest BCUT2D eigenvalue weighted by Crippen LogP contribution is -2.35. The summed E-state index contributed by atoms with van der Waals surface area (Å²) in [4.78, 5) is 24.7. The average Bonchev–Trinajstić information content (AvgIpc) is 3.07. The van der Waals surface area contributed by atoms with E-state index in [4.69, 9.17) is 14.2 Å². The first kappa shape index (κ1) is 23.3. The lowest BCUT2D eigenvalue weighted by Gasteiger charge is -2.27. The average molecular weight is 466 g/mol. The van der Waals surface area contributed by atoms with Crippen molar-refractivity contribution < 1.29 is 28.9 Å². The van der Waals surface area contributed by atoms with Crippen molar-refractivity contribution in [2.75, 3.05) is 13.2 Å². The molecule has 1 atom stereocenters. The van der Waals surface area contributed by atoms with Crippen LogP contribution >= 0.6 is 0 Å². The first-order chi connectivity index (χ1) is 16.2. The minimum atomic E-state index is -0.971. The molecule has 2 heterocycles. The normalized spacial score (nSPS) is 15.6. The van der Waals surface area contributed by atoms with E-state index >= 15 is 0 Å². The standard InChI is InChI=1S/C25H27N3O6/c1-5-32-21(29)13-28-17-9-7-6-8-16(17)22(24(28)31)26-27-23(30)20-14-33-18-11-10-15(25(2,3)4)12-19(18)34-20/h6-12,20,31H,5,13-14H2,1-4H3/t20-/m0/s1. The summed E-state index contributed by atoms with van der Waals surface area (Å²) in [5, 5.41) is 19.1. The number of fused-ring (bicyclic) bond motifs is 2. The summed E-state index contributed by atoms with van der Waals surface area (Å²) in [7, 11) is 0. The number of benzene rings is 2. The molecule has 0 unspecified atom stereocenters. The van der Waals surface area contributed by atoms with Gasteiger partial charge in [0.15, 0.2) is 17.2 Å². The zero-order chi connectivity index (χ0) is 24.5. The van der Waals surface area contributed by atoms with Crippen LogP contribution in [0.1, 0.15) is 33.3 Å². The van der Waals surface area contributed by atoms with Gasteiger partial charge in [-0.05, 0) is 36.1 Å². The van der Waals surface area contributed by atoms with Crippen LogP contribution < -0.4 is 9.47 Å². The molecular formula is C25H27N3O6. The summed E-state index contributed by atoms with van der Waals surface area (Å²) in [6.45, 7) is 7.98. The molecule has 2 aromatic carbocycles. The number of aromatic nitrogens is 1. The Bertz CT molecular complexity index is 1270. The number of nitrogens with zero attached hydrogens (tertiary/aromatic N) is 3. The maximum Gasteiger partial charge on any atom is 0.326 e. The fourth-order valence-electron chi connectivity index (χ4n) is 3.69. The third-order valence-corrected chi connectivity index (χ3v) is 5.50. The van der Waals surface area contributed by atoms with Gasteiger partial charge in [-0.2, -0.15) is 0 Å². The number of hydrogen-bond acceptors (Lipinski definition) is 7. The Balaban J connectivity index is 1.58. The Morgan fingerprint density at radius 2 is 1.94 bits per heavy atom. The zero-order valence-electron chi connectivity index (χ0n) is 19.6. The van der Waals surface area contributed by atoms with Crippen molar-refractivity contribution in [3.63, 3.8) is 0 Å². The summed E-state index contributed by atoms with van der Waals surface area (Å²) >= 11 is 0. The second-order valence-electron chi connectivity index (χ2n) is 8.95. The van der Waals surface area contributed by atoms with Crippen LogP contribution in [0.4, 0.5) is 5.69 Å². The van der Waals surface area contributed by atoms with Crippen molar-refractivity contribution in [3.05, 3.63) is 48.0 Å². The highest BCUT2D eigenvalue weighted by Crippen LogP contribution is 2.39. The van der Waals surface area contributed by atoms with Gasteiger partial charge in [-0.1, -0.05) is 45.0 Å². The van der Waals surface area contributed by atoms with Crippen LogP contribution in [0, 0.1) is 0 Å². The molecule has 0 fully saturated rings. The minimum Gasteiger partial charge on any atom is -0.493 e. The van der Waals surface area contributed by atoms with Crippen molar-refractivity contribution in [2.24, 2.45) is 10.2 Å². The van der Waals surface area contributed by atoms with Crippen LogP contribution in [0.15, 0.2) is 52.7 Å². The van der Waals surface area contributed by atoms with Gasteiger partial charge in [-0.15, -0.1) is 10.2 Å². The summed E-state index contributed by atoms with van der Waals surface area (Å²) in [6.07, 6.45) is -0.971. The van der Waals surface area contributed by atoms with Gasteiger partial charge in [-0.3, -0.25) is 14.2 Å². The van der Waals surface area contributed by atoms with E-state index in [1.54, 1.807) is 31.2 Å². The Kier molecular flexibility index (Phi) is 6.28. The number of aromatic hydroxyl groups is 1. The summed E-state index contributed by atoms with van der Waals surface area (Å²) in [5.41, 5.74) is 1.60. The van der Waals surface area contributed by atoms with Crippen molar-refractivity contribution >= 4 is 28.5 Å². The number of carbonyl (C=O) groups is 2. The Morgan fingerprint density at radius 1 is 1.18 bits per heavy atom. The first-order valence-electron chi connectivity index (χ1n) is 11.0. The fourth-order valence-corrected chi connectivity index (χ4v) is 3.69. The zero-order valence-corrected chi connectivity index (χ0v) is 19.6. The predicted octanol–water partition coefficient (Wildman–Crippen LogP) is 4.66. The molecule has 0 aliphatic carbocycles. The molecule has 0 saturated carbocycles. The molecule has 4 rings (SSSR count). The van der Waals surface area contributed by atoms with E-state index in [1.807, 2.05) is 18.2 Å². The van der Waals surface area contributed by atoms with Crippen LogP contribution in [0.25, 0.3) is 10.9 Å². The molecule has 3 aromatic rings. The van der Waals surface area contributed by atoms with E-state index in [-0.39, 0.29) is 36.7 Å². The van der Waals surface area contributed by atoms with Crippen molar-refractivity contribution in [1.82, 2.24) is 4.57 Å². The molecule has 1 aromatic heterocycles. The van der Waals surface area contributed by atoms with Crippen LogP contribution in [-0.2, 0) is 26.3 Å². The van der Waals surface area contributed by atoms with Gasteiger partial charge in [-0.25, -0.2) is 0 Å². The van der Waals surface area contributed by atoms with Crippen LogP contribution in [0.5, 0.6) is 17.4 Å². The van der Waals surface area contributed by atoms with Gasteiger partial charge in [0, 0.05) is 5.39 Å². The van der Waals surface area contributed by atoms with E-state index in [0.717, 1.165) is 5.56 Å². The van der Waals surface area contributed by atoms with E-state index in [9.17, 15) is 14.7 Å². The number of ether oxygens (including phenoxy) is 3. The lowest BCUT2D eigenvalue weighted by atomic mass is 9.87. The highest BCUT2D eigenvalue weighted by Gasteiger charge is 2.29. The van der Waals surface area contributed by atoms with E-state index in [2.05, 4.69) is 31.0 Å². The smallest absolute Gasteiger partial charge is 0.326 e. The van der Waals surface area contributed by atoms with E-state index in [1.165, 1.54) is 4.57 Å². The van der Waals surface area contributed by atoms with E-state index in [0.29, 0.717) is 22.4 Å². The summed E-state index contributed by atoms with van der Waals surface area (Å²) in [6, 6.07) is 12.6. The number of azo groups is 1. The monoisotopic (exact) mass is 465 g/mol.